The molecule has 26 heavy (non-hydrogen) atoms. The van der Waals surface area contributed by atoms with E-state index >= 15 is 0 Å². The molecule has 0 aliphatic carbocycles. The van der Waals surface area contributed by atoms with Crippen molar-refractivity contribution < 1.29 is 18.3 Å². The second-order valence-corrected chi connectivity index (χ2v) is 7.91. The number of ether oxygens (including phenoxy) is 1. The summed E-state index contributed by atoms with van der Waals surface area (Å²) in [5, 5.41) is 2.44. The first kappa shape index (κ1) is 18.6. The van der Waals surface area contributed by atoms with E-state index in [2.05, 4.69) is 4.98 Å². The molecule has 1 amide bonds. The van der Waals surface area contributed by atoms with Gasteiger partial charge in [0.15, 0.2) is 16.8 Å². The Hall–Kier alpha value is -2.22. The van der Waals surface area contributed by atoms with E-state index < -0.39 is 17.2 Å². The van der Waals surface area contributed by atoms with Gasteiger partial charge in [-0.2, -0.15) is 0 Å². The number of carbonyl (C=O) groups excluding carboxylic acids is 1. The van der Waals surface area contributed by atoms with Crippen LogP contribution in [0.15, 0.2) is 23.6 Å². The van der Waals surface area contributed by atoms with Gasteiger partial charge in [0.2, 0.25) is 0 Å². The molecule has 1 saturated heterocycles. The van der Waals surface area contributed by atoms with Crippen LogP contribution in [-0.2, 0) is 4.74 Å². The van der Waals surface area contributed by atoms with Crippen LogP contribution in [0, 0.1) is 11.6 Å². The summed E-state index contributed by atoms with van der Waals surface area (Å²) < 4.78 is 32.7. The van der Waals surface area contributed by atoms with Gasteiger partial charge in [-0.25, -0.2) is 18.6 Å². The number of hydrogen-bond acceptors (Lipinski definition) is 5. The maximum absolute atomic E-state index is 13.9. The summed E-state index contributed by atoms with van der Waals surface area (Å²) in [5.41, 5.74) is 0.0458. The van der Waals surface area contributed by atoms with E-state index in [1.165, 1.54) is 23.5 Å². The molecule has 0 N–H and O–H groups in total. The number of thiazole rings is 1. The molecule has 0 unspecified atom stereocenters. The van der Waals surface area contributed by atoms with Gasteiger partial charge in [0.05, 0.1) is 5.69 Å². The molecule has 1 aliphatic rings. The Bertz CT molecular complexity index is 796. The van der Waals surface area contributed by atoms with Gasteiger partial charge >= 0.3 is 6.09 Å². The van der Waals surface area contributed by atoms with Gasteiger partial charge in [0.25, 0.3) is 0 Å². The van der Waals surface area contributed by atoms with Gasteiger partial charge in [0, 0.05) is 37.1 Å². The Morgan fingerprint density at radius 2 is 1.88 bits per heavy atom. The van der Waals surface area contributed by atoms with Gasteiger partial charge in [-0.3, -0.25) is 0 Å². The fourth-order valence-electron chi connectivity index (χ4n) is 2.64. The van der Waals surface area contributed by atoms with Gasteiger partial charge < -0.3 is 14.5 Å². The highest BCUT2D eigenvalue weighted by atomic mass is 32.1. The predicted molar refractivity (Wildman–Crippen MR) is 97.5 cm³/mol. The van der Waals surface area contributed by atoms with Crippen LogP contribution in [0.2, 0.25) is 0 Å². The van der Waals surface area contributed by atoms with Crippen molar-refractivity contribution in [3.8, 4) is 11.3 Å². The fourth-order valence-corrected chi connectivity index (χ4v) is 3.52. The molecule has 3 rings (SSSR count). The van der Waals surface area contributed by atoms with Crippen LogP contribution in [-0.4, -0.2) is 47.8 Å². The standard InChI is InChI=1S/C18H21F2N3O2S/c1-18(2,3)25-17(24)23-9-7-22(8-10-23)16-21-14(11-26-16)12-5-4-6-13(19)15(12)20/h4-6,11H,7-10H2,1-3H3. The van der Waals surface area contributed by atoms with Crippen LogP contribution in [0.25, 0.3) is 11.3 Å². The quantitative estimate of drug-likeness (QED) is 0.784. The number of amides is 1. The number of carbonyl (C=O) groups is 1. The summed E-state index contributed by atoms with van der Waals surface area (Å²) >= 11 is 1.38. The number of piperazine rings is 1. The lowest BCUT2D eigenvalue weighted by atomic mass is 10.1. The van der Waals surface area contributed by atoms with E-state index in [0.29, 0.717) is 31.9 Å². The molecular weight excluding hydrogens is 360 g/mol. The summed E-state index contributed by atoms with van der Waals surface area (Å²) in [6.45, 7) is 7.78. The topological polar surface area (TPSA) is 45.7 Å². The van der Waals surface area contributed by atoms with Crippen LogP contribution in [0.5, 0.6) is 0 Å². The molecule has 140 valence electrons. The molecule has 1 aromatic carbocycles. The van der Waals surface area contributed by atoms with E-state index in [9.17, 15) is 13.6 Å². The van der Waals surface area contributed by atoms with Gasteiger partial charge in [-0.05, 0) is 32.9 Å². The van der Waals surface area contributed by atoms with Crippen LogP contribution in [0.4, 0.5) is 18.7 Å². The fraction of sp³-hybridized carbons (Fsp3) is 0.444. The van der Waals surface area contributed by atoms with E-state index in [1.807, 2.05) is 25.7 Å². The van der Waals surface area contributed by atoms with Crippen LogP contribution < -0.4 is 4.90 Å². The lowest BCUT2D eigenvalue weighted by Crippen LogP contribution is -2.50. The van der Waals surface area contributed by atoms with Crippen molar-refractivity contribution in [3.05, 3.63) is 35.2 Å². The van der Waals surface area contributed by atoms with Crippen molar-refractivity contribution in [1.29, 1.82) is 0 Å². The first-order chi connectivity index (χ1) is 12.2. The number of benzene rings is 1. The van der Waals surface area contributed by atoms with E-state index in [0.717, 1.165) is 11.2 Å². The summed E-state index contributed by atoms with van der Waals surface area (Å²) in [4.78, 5) is 20.3. The van der Waals surface area contributed by atoms with Gasteiger partial charge in [-0.15, -0.1) is 11.3 Å². The Morgan fingerprint density at radius 1 is 1.19 bits per heavy atom. The molecule has 0 atom stereocenters. The van der Waals surface area contributed by atoms with Crippen molar-refractivity contribution in [2.24, 2.45) is 0 Å². The third-order valence-corrected chi connectivity index (χ3v) is 4.82. The molecule has 0 spiro atoms. The molecule has 2 aromatic rings. The highest BCUT2D eigenvalue weighted by Gasteiger charge is 2.27. The zero-order valence-corrected chi connectivity index (χ0v) is 15.8. The van der Waals surface area contributed by atoms with Crippen LogP contribution in [0.1, 0.15) is 20.8 Å². The third-order valence-electron chi connectivity index (χ3n) is 3.92. The minimum atomic E-state index is -0.890. The number of rotatable bonds is 2. The number of nitrogens with zero attached hydrogens (tertiary/aromatic N) is 3. The Kier molecular flexibility index (Phi) is 5.13. The minimum Gasteiger partial charge on any atom is -0.444 e. The van der Waals surface area contributed by atoms with Crippen molar-refractivity contribution in [3.63, 3.8) is 0 Å². The maximum Gasteiger partial charge on any atom is 0.410 e. The number of anilines is 1. The lowest BCUT2D eigenvalue weighted by molar-refractivity contribution is 0.0240. The zero-order chi connectivity index (χ0) is 18.9. The predicted octanol–water partition coefficient (Wildman–Crippen LogP) is 4.15. The zero-order valence-electron chi connectivity index (χ0n) is 15.0. The molecule has 1 aromatic heterocycles. The van der Waals surface area contributed by atoms with Crippen molar-refractivity contribution in [2.45, 2.75) is 26.4 Å². The molecule has 0 saturated carbocycles. The van der Waals surface area contributed by atoms with E-state index in [4.69, 9.17) is 4.74 Å². The summed E-state index contributed by atoms with van der Waals surface area (Å²) in [7, 11) is 0. The highest BCUT2D eigenvalue weighted by molar-refractivity contribution is 7.14. The Labute approximate surface area is 155 Å². The summed E-state index contributed by atoms with van der Waals surface area (Å²) in [6.07, 6.45) is -0.321. The number of halogens is 2. The normalized spacial score (nSPS) is 15.3. The Balaban J connectivity index is 1.65. The van der Waals surface area contributed by atoms with Crippen LogP contribution >= 0.6 is 11.3 Å². The van der Waals surface area contributed by atoms with Crippen molar-refractivity contribution in [1.82, 2.24) is 9.88 Å². The molecule has 2 heterocycles. The monoisotopic (exact) mass is 381 g/mol. The Morgan fingerprint density at radius 3 is 2.54 bits per heavy atom. The first-order valence-corrected chi connectivity index (χ1v) is 9.25. The van der Waals surface area contributed by atoms with E-state index in [1.54, 1.807) is 10.3 Å². The van der Waals surface area contributed by atoms with Crippen molar-refractivity contribution in [2.75, 3.05) is 31.1 Å². The number of hydrogen-bond donors (Lipinski definition) is 0. The third kappa shape index (κ3) is 4.12. The second kappa shape index (κ2) is 7.19. The second-order valence-electron chi connectivity index (χ2n) is 7.07. The molecule has 0 radical (unpaired) electrons. The minimum absolute atomic E-state index is 0.153. The smallest absolute Gasteiger partial charge is 0.410 e. The van der Waals surface area contributed by atoms with Crippen molar-refractivity contribution >= 4 is 22.6 Å². The van der Waals surface area contributed by atoms with Gasteiger partial charge in [0.1, 0.15) is 5.60 Å². The molecule has 1 fully saturated rings. The maximum atomic E-state index is 13.9. The molecule has 5 nitrogen and oxygen atoms in total. The average Bonchev–Trinajstić information content (AvgIpc) is 3.06. The lowest BCUT2D eigenvalue weighted by Gasteiger charge is -2.35. The highest BCUT2D eigenvalue weighted by Crippen LogP contribution is 2.30. The first-order valence-electron chi connectivity index (χ1n) is 8.37. The molecule has 8 heteroatoms. The molecule has 0 bridgehead atoms. The van der Waals surface area contributed by atoms with Gasteiger partial charge in [-0.1, -0.05) is 6.07 Å². The summed E-state index contributed by atoms with van der Waals surface area (Å²) in [6, 6.07) is 4.06. The van der Waals surface area contributed by atoms with E-state index in [-0.39, 0.29) is 11.7 Å². The average molecular weight is 381 g/mol. The summed E-state index contributed by atoms with van der Waals surface area (Å²) in [5.74, 6) is -1.78. The SMILES string of the molecule is CC(C)(C)OC(=O)N1CCN(c2nc(-c3cccc(F)c3F)cs2)CC1. The molecule has 1 aliphatic heterocycles. The number of aromatic nitrogens is 1. The largest absolute Gasteiger partial charge is 0.444 e. The van der Waals surface area contributed by atoms with Crippen LogP contribution in [0.3, 0.4) is 0 Å². The molecular formula is C18H21F2N3O2S.